The zero-order chi connectivity index (χ0) is 13.8. The molecule has 102 valence electrons. The lowest BCUT2D eigenvalue weighted by atomic mass is 10.3. The largest absolute Gasteiger partial charge is 0.350 e. The Kier molecular flexibility index (Phi) is 4.42. The summed E-state index contributed by atoms with van der Waals surface area (Å²) in [4.78, 5) is 12.1. The van der Waals surface area contributed by atoms with Crippen LogP contribution in [-0.2, 0) is 20.0 Å². The van der Waals surface area contributed by atoms with E-state index in [2.05, 4.69) is 26.3 Å². The zero-order valence-corrected chi connectivity index (χ0v) is 12.6. The molecule has 0 aliphatic rings. The van der Waals surface area contributed by atoms with Crippen molar-refractivity contribution in [2.75, 3.05) is 6.54 Å². The van der Waals surface area contributed by atoms with E-state index in [1.165, 1.54) is 0 Å². The number of nitrogens with one attached hydrogen (secondary N) is 1. The van der Waals surface area contributed by atoms with Crippen LogP contribution in [0.25, 0.3) is 0 Å². The molecular formula is C13H17BrN4O. The maximum absolute atomic E-state index is 12.1. The first-order chi connectivity index (χ1) is 9.11. The van der Waals surface area contributed by atoms with E-state index in [0.29, 0.717) is 12.2 Å². The fourth-order valence-corrected chi connectivity index (χ4v) is 2.43. The maximum atomic E-state index is 12.1. The van der Waals surface area contributed by atoms with Gasteiger partial charge in [0.25, 0.3) is 5.91 Å². The monoisotopic (exact) mass is 324 g/mol. The Morgan fingerprint density at radius 1 is 1.53 bits per heavy atom. The van der Waals surface area contributed by atoms with Crippen molar-refractivity contribution in [3.8, 4) is 0 Å². The molecule has 0 radical (unpaired) electrons. The van der Waals surface area contributed by atoms with E-state index in [9.17, 15) is 4.79 Å². The van der Waals surface area contributed by atoms with Gasteiger partial charge in [0.05, 0.1) is 0 Å². The van der Waals surface area contributed by atoms with Gasteiger partial charge in [0.2, 0.25) is 0 Å². The topological polar surface area (TPSA) is 51.9 Å². The fraction of sp³-hybridized carbons (Fsp3) is 0.385. The molecule has 0 unspecified atom stereocenters. The van der Waals surface area contributed by atoms with Crippen molar-refractivity contribution < 1.29 is 4.79 Å². The Labute approximate surface area is 120 Å². The van der Waals surface area contributed by atoms with Crippen LogP contribution in [0.3, 0.4) is 0 Å². The maximum Gasteiger partial charge on any atom is 0.267 e. The lowest BCUT2D eigenvalue weighted by molar-refractivity contribution is 0.0945. The number of amides is 1. The average molecular weight is 325 g/mol. The van der Waals surface area contributed by atoms with Gasteiger partial charge in [-0.2, -0.15) is 5.10 Å². The standard InChI is InChI=1S/C13H17BrN4O/c1-3-18-9-10(14)8-12(18)13(19)15-6-4-11-5-7-16-17(11)2/h5,7-9H,3-4,6H2,1-2H3,(H,15,19). The predicted octanol–water partition coefficient (Wildman–Crippen LogP) is 1.98. The van der Waals surface area contributed by atoms with Gasteiger partial charge in [0, 0.05) is 49.1 Å². The molecule has 0 spiro atoms. The van der Waals surface area contributed by atoms with Crippen LogP contribution in [0.2, 0.25) is 0 Å². The first-order valence-electron chi connectivity index (χ1n) is 6.22. The molecule has 2 aromatic rings. The third kappa shape index (κ3) is 3.26. The van der Waals surface area contributed by atoms with Crippen LogP contribution in [0, 0.1) is 0 Å². The number of nitrogens with zero attached hydrogens (tertiary/aromatic N) is 3. The lowest BCUT2D eigenvalue weighted by Crippen LogP contribution is -2.28. The molecule has 1 N–H and O–H groups in total. The predicted molar refractivity (Wildman–Crippen MR) is 77.1 cm³/mol. The van der Waals surface area contributed by atoms with Crippen molar-refractivity contribution in [1.29, 1.82) is 0 Å². The number of hydrogen-bond donors (Lipinski definition) is 1. The van der Waals surface area contributed by atoms with Gasteiger partial charge in [-0.3, -0.25) is 9.48 Å². The molecule has 19 heavy (non-hydrogen) atoms. The van der Waals surface area contributed by atoms with E-state index >= 15 is 0 Å². The molecule has 0 bridgehead atoms. The van der Waals surface area contributed by atoms with Gasteiger partial charge in [-0.05, 0) is 35.0 Å². The number of carbonyl (C=O) groups excluding carboxylic acids is 1. The molecule has 6 heteroatoms. The molecule has 0 fully saturated rings. The summed E-state index contributed by atoms with van der Waals surface area (Å²) >= 11 is 3.39. The third-order valence-electron chi connectivity index (χ3n) is 3.03. The van der Waals surface area contributed by atoms with Gasteiger partial charge < -0.3 is 9.88 Å². The smallest absolute Gasteiger partial charge is 0.267 e. The van der Waals surface area contributed by atoms with E-state index in [1.54, 1.807) is 6.20 Å². The summed E-state index contributed by atoms with van der Waals surface area (Å²) < 4.78 is 4.66. The summed E-state index contributed by atoms with van der Waals surface area (Å²) in [6.07, 6.45) is 4.45. The van der Waals surface area contributed by atoms with Crippen molar-refractivity contribution in [3.05, 3.63) is 40.4 Å². The number of aromatic nitrogens is 3. The molecule has 0 aliphatic carbocycles. The summed E-state index contributed by atoms with van der Waals surface area (Å²) in [5.74, 6) is -0.0466. The van der Waals surface area contributed by atoms with Crippen LogP contribution in [0.15, 0.2) is 29.0 Å². The van der Waals surface area contributed by atoms with E-state index in [4.69, 9.17) is 0 Å². The molecule has 2 aromatic heterocycles. The molecule has 0 aliphatic heterocycles. The highest BCUT2D eigenvalue weighted by molar-refractivity contribution is 9.10. The first kappa shape index (κ1) is 13.9. The Morgan fingerprint density at radius 2 is 2.32 bits per heavy atom. The molecule has 2 rings (SSSR count). The molecule has 0 atom stereocenters. The molecule has 0 saturated heterocycles. The summed E-state index contributed by atoms with van der Waals surface area (Å²) in [6.45, 7) is 3.39. The SMILES string of the molecule is CCn1cc(Br)cc1C(=O)NCCc1ccnn1C. The van der Waals surface area contributed by atoms with Gasteiger partial charge in [0.1, 0.15) is 5.69 Å². The van der Waals surface area contributed by atoms with Crippen LogP contribution in [0.1, 0.15) is 23.1 Å². The minimum Gasteiger partial charge on any atom is -0.350 e. The van der Waals surface area contributed by atoms with Crippen LogP contribution in [0.4, 0.5) is 0 Å². The van der Waals surface area contributed by atoms with Crippen molar-refractivity contribution in [2.24, 2.45) is 7.05 Å². The Balaban J connectivity index is 1.92. The highest BCUT2D eigenvalue weighted by Crippen LogP contribution is 2.14. The van der Waals surface area contributed by atoms with Gasteiger partial charge in [-0.25, -0.2) is 0 Å². The van der Waals surface area contributed by atoms with Crippen molar-refractivity contribution in [2.45, 2.75) is 19.9 Å². The fourth-order valence-electron chi connectivity index (χ4n) is 1.97. The number of halogens is 1. The Hall–Kier alpha value is -1.56. The van der Waals surface area contributed by atoms with Gasteiger partial charge in [0.15, 0.2) is 0 Å². The second-order valence-electron chi connectivity index (χ2n) is 4.28. The molecule has 0 aromatic carbocycles. The van der Waals surface area contributed by atoms with E-state index in [-0.39, 0.29) is 5.91 Å². The van der Waals surface area contributed by atoms with Crippen LogP contribution in [0.5, 0.6) is 0 Å². The Morgan fingerprint density at radius 3 is 2.95 bits per heavy atom. The van der Waals surface area contributed by atoms with E-state index < -0.39 is 0 Å². The van der Waals surface area contributed by atoms with Gasteiger partial charge >= 0.3 is 0 Å². The van der Waals surface area contributed by atoms with Crippen molar-refractivity contribution >= 4 is 21.8 Å². The van der Waals surface area contributed by atoms with E-state index in [1.807, 2.05) is 41.5 Å². The van der Waals surface area contributed by atoms with Crippen molar-refractivity contribution in [1.82, 2.24) is 19.7 Å². The minimum absolute atomic E-state index is 0.0466. The summed E-state index contributed by atoms with van der Waals surface area (Å²) in [5.41, 5.74) is 1.78. The summed E-state index contributed by atoms with van der Waals surface area (Å²) in [6, 6.07) is 3.79. The summed E-state index contributed by atoms with van der Waals surface area (Å²) in [5, 5.41) is 7.03. The number of hydrogen-bond acceptors (Lipinski definition) is 2. The highest BCUT2D eigenvalue weighted by Gasteiger charge is 2.11. The highest BCUT2D eigenvalue weighted by atomic mass is 79.9. The Bertz CT molecular complexity index is 573. The van der Waals surface area contributed by atoms with Crippen molar-refractivity contribution in [3.63, 3.8) is 0 Å². The van der Waals surface area contributed by atoms with Crippen LogP contribution < -0.4 is 5.32 Å². The van der Waals surface area contributed by atoms with Gasteiger partial charge in [-0.15, -0.1) is 0 Å². The number of rotatable bonds is 5. The number of aryl methyl sites for hydroxylation is 2. The molecule has 0 saturated carbocycles. The van der Waals surface area contributed by atoms with E-state index in [0.717, 1.165) is 23.1 Å². The average Bonchev–Trinajstić information content (AvgIpc) is 2.95. The molecule has 2 heterocycles. The molecular weight excluding hydrogens is 308 g/mol. The lowest BCUT2D eigenvalue weighted by Gasteiger charge is -2.07. The second-order valence-corrected chi connectivity index (χ2v) is 5.20. The minimum atomic E-state index is -0.0466. The number of carbonyl (C=O) groups is 1. The van der Waals surface area contributed by atoms with Crippen LogP contribution in [-0.4, -0.2) is 26.8 Å². The molecule has 5 nitrogen and oxygen atoms in total. The van der Waals surface area contributed by atoms with Gasteiger partial charge in [-0.1, -0.05) is 0 Å². The summed E-state index contributed by atoms with van der Waals surface area (Å²) in [7, 11) is 1.90. The van der Waals surface area contributed by atoms with Crippen LogP contribution >= 0.6 is 15.9 Å². The zero-order valence-electron chi connectivity index (χ0n) is 11.1. The second kappa shape index (κ2) is 6.06. The first-order valence-corrected chi connectivity index (χ1v) is 7.02. The quantitative estimate of drug-likeness (QED) is 0.914. The third-order valence-corrected chi connectivity index (χ3v) is 3.46. The normalized spacial score (nSPS) is 10.7. The molecule has 1 amide bonds.